The van der Waals surface area contributed by atoms with Gasteiger partial charge < -0.3 is 10.4 Å². The van der Waals surface area contributed by atoms with Crippen LogP contribution < -0.4 is 5.32 Å². The fraction of sp³-hybridized carbons (Fsp3) is 0.500. The van der Waals surface area contributed by atoms with Crippen molar-refractivity contribution >= 4 is 17.6 Å². The lowest BCUT2D eigenvalue weighted by Crippen LogP contribution is -2.40. The molecule has 3 rings (SSSR count). The molecule has 1 saturated heterocycles. The van der Waals surface area contributed by atoms with Crippen molar-refractivity contribution in [1.82, 2.24) is 4.90 Å². The molecule has 1 aromatic rings. The van der Waals surface area contributed by atoms with E-state index in [1.54, 1.807) is 4.90 Å². The van der Waals surface area contributed by atoms with Crippen LogP contribution in [0, 0.1) is 0 Å². The fourth-order valence-electron chi connectivity index (χ4n) is 3.33. The molecule has 0 saturated carbocycles. The topological polar surface area (TPSA) is 69.6 Å². The summed E-state index contributed by atoms with van der Waals surface area (Å²) >= 11 is 0. The predicted molar refractivity (Wildman–Crippen MR) is 79.3 cm³/mol. The molecule has 1 aliphatic carbocycles. The zero-order chi connectivity index (χ0) is 14.8. The van der Waals surface area contributed by atoms with Crippen LogP contribution >= 0.6 is 0 Å². The summed E-state index contributed by atoms with van der Waals surface area (Å²) < 4.78 is 0. The number of carboxylic acid groups (broad SMARTS) is 1. The normalized spacial score (nSPS) is 21.2. The fourth-order valence-corrected chi connectivity index (χ4v) is 3.33. The molecule has 1 heterocycles. The minimum absolute atomic E-state index is 0.138. The maximum Gasteiger partial charge on any atom is 0.320 e. The molecule has 0 bridgehead atoms. The molecule has 0 unspecified atom stereocenters. The molecule has 5 heteroatoms. The van der Waals surface area contributed by atoms with Crippen molar-refractivity contribution in [3.8, 4) is 0 Å². The van der Waals surface area contributed by atoms with Crippen LogP contribution in [0.15, 0.2) is 18.2 Å². The Labute approximate surface area is 123 Å². The zero-order valence-electron chi connectivity index (χ0n) is 12.0. The number of carbonyl (C=O) groups excluding carboxylic acids is 1. The second-order valence-electron chi connectivity index (χ2n) is 5.85. The monoisotopic (exact) mass is 288 g/mol. The van der Waals surface area contributed by atoms with Crippen molar-refractivity contribution in [3.05, 3.63) is 29.3 Å². The first kappa shape index (κ1) is 14.1. The van der Waals surface area contributed by atoms with E-state index in [1.807, 2.05) is 12.1 Å². The number of fused-ring (bicyclic) bond motifs is 1. The number of amides is 1. The minimum atomic E-state index is -0.835. The van der Waals surface area contributed by atoms with Crippen LogP contribution in [0.4, 0.5) is 5.69 Å². The van der Waals surface area contributed by atoms with Crippen molar-refractivity contribution in [2.75, 3.05) is 18.4 Å². The van der Waals surface area contributed by atoms with Crippen molar-refractivity contribution in [2.24, 2.45) is 0 Å². The quantitative estimate of drug-likeness (QED) is 0.884. The summed E-state index contributed by atoms with van der Waals surface area (Å²) in [5, 5.41) is 12.0. The van der Waals surface area contributed by atoms with Crippen LogP contribution in [-0.4, -0.2) is 41.0 Å². The summed E-state index contributed by atoms with van der Waals surface area (Å²) in [6.45, 7) is 0.822. The number of rotatable bonds is 4. The van der Waals surface area contributed by atoms with Crippen LogP contribution in [0.2, 0.25) is 0 Å². The van der Waals surface area contributed by atoms with Gasteiger partial charge in [0.1, 0.15) is 6.04 Å². The van der Waals surface area contributed by atoms with E-state index in [4.69, 9.17) is 5.11 Å². The third-order valence-electron chi connectivity index (χ3n) is 4.38. The third kappa shape index (κ3) is 3.08. The highest BCUT2D eigenvalue weighted by Crippen LogP contribution is 2.25. The summed E-state index contributed by atoms with van der Waals surface area (Å²) in [6, 6.07) is 5.53. The molecule has 112 valence electrons. The van der Waals surface area contributed by atoms with Crippen molar-refractivity contribution in [2.45, 2.75) is 38.1 Å². The van der Waals surface area contributed by atoms with Crippen molar-refractivity contribution in [1.29, 1.82) is 0 Å². The maximum atomic E-state index is 12.1. The second-order valence-corrected chi connectivity index (χ2v) is 5.85. The Morgan fingerprint density at radius 3 is 2.86 bits per heavy atom. The van der Waals surface area contributed by atoms with Gasteiger partial charge in [0, 0.05) is 5.69 Å². The maximum absolute atomic E-state index is 12.1. The van der Waals surface area contributed by atoms with Gasteiger partial charge in [-0.2, -0.15) is 0 Å². The molecule has 5 nitrogen and oxygen atoms in total. The summed E-state index contributed by atoms with van der Waals surface area (Å²) in [5.74, 6) is -0.973. The molecule has 2 N–H and O–H groups in total. The highest BCUT2D eigenvalue weighted by atomic mass is 16.4. The lowest BCUT2D eigenvalue weighted by molar-refractivity contribution is -0.142. The first-order valence-corrected chi connectivity index (χ1v) is 7.52. The van der Waals surface area contributed by atoms with Gasteiger partial charge in [0.2, 0.25) is 5.91 Å². The Hall–Kier alpha value is -1.88. The lowest BCUT2D eigenvalue weighted by atomic mass is 10.1. The number of hydrogen-bond acceptors (Lipinski definition) is 3. The molecule has 1 aromatic carbocycles. The smallest absolute Gasteiger partial charge is 0.320 e. The highest BCUT2D eigenvalue weighted by Gasteiger charge is 2.31. The van der Waals surface area contributed by atoms with E-state index in [0.29, 0.717) is 13.0 Å². The number of likely N-dealkylation sites (tertiary alicyclic amines) is 1. The molecule has 1 amide bonds. The highest BCUT2D eigenvalue weighted by molar-refractivity contribution is 5.92. The Kier molecular flexibility index (Phi) is 3.92. The van der Waals surface area contributed by atoms with Crippen molar-refractivity contribution < 1.29 is 14.7 Å². The first-order chi connectivity index (χ1) is 10.1. The molecule has 2 aliphatic rings. The molecule has 1 aliphatic heterocycles. The van der Waals surface area contributed by atoms with Gasteiger partial charge in [-0.1, -0.05) is 6.07 Å². The molecule has 1 fully saturated rings. The van der Waals surface area contributed by atoms with E-state index in [9.17, 15) is 9.59 Å². The van der Waals surface area contributed by atoms with Gasteiger partial charge in [0.25, 0.3) is 0 Å². The summed E-state index contributed by atoms with van der Waals surface area (Å²) in [4.78, 5) is 24.9. The number of aliphatic carboxylic acids is 1. The number of carbonyl (C=O) groups is 2. The van der Waals surface area contributed by atoms with E-state index in [1.165, 1.54) is 17.5 Å². The van der Waals surface area contributed by atoms with E-state index < -0.39 is 12.0 Å². The number of aryl methyl sites for hydroxylation is 2. The van der Waals surface area contributed by atoms with E-state index in [2.05, 4.69) is 11.4 Å². The molecule has 0 aromatic heterocycles. The van der Waals surface area contributed by atoms with Gasteiger partial charge >= 0.3 is 5.97 Å². The Bertz CT molecular complexity index is 571. The molecular formula is C16H20N2O3. The SMILES string of the molecule is O=C(CN1CCC[C@@H]1C(=O)O)Nc1ccc2c(c1)CCC2. The van der Waals surface area contributed by atoms with Crippen LogP contribution in [-0.2, 0) is 22.4 Å². The Morgan fingerprint density at radius 1 is 1.24 bits per heavy atom. The van der Waals surface area contributed by atoms with Gasteiger partial charge in [0.15, 0.2) is 0 Å². The third-order valence-corrected chi connectivity index (χ3v) is 4.38. The van der Waals surface area contributed by atoms with Gasteiger partial charge in [-0.25, -0.2) is 0 Å². The number of nitrogens with one attached hydrogen (secondary N) is 1. The Balaban J connectivity index is 1.60. The summed E-state index contributed by atoms with van der Waals surface area (Å²) in [7, 11) is 0. The van der Waals surface area contributed by atoms with Crippen LogP contribution in [0.25, 0.3) is 0 Å². The van der Waals surface area contributed by atoms with Crippen LogP contribution in [0.5, 0.6) is 0 Å². The van der Waals surface area contributed by atoms with Crippen molar-refractivity contribution in [3.63, 3.8) is 0 Å². The molecule has 1 atom stereocenters. The number of benzene rings is 1. The molecular weight excluding hydrogens is 268 g/mol. The second kappa shape index (κ2) is 5.85. The summed E-state index contributed by atoms with van der Waals surface area (Å²) in [5.41, 5.74) is 3.50. The number of carboxylic acids is 1. The van der Waals surface area contributed by atoms with E-state index in [0.717, 1.165) is 24.9 Å². The van der Waals surface area contributed by atoms with Gasteiger partial charge in [-0.3, -0.25) is 14.5 Å². The lowest BCUT2D eigenvalue weighted by Gasteiger charge is -2.20. The first-order valence-electron chi connectivity index (χ1n) is 7.52. The van der Waals surface area contributed by atoms with Crippen LogP contribution in [0.3, 0.4) is 0 Å². The summed E-state index contributed by atoms with van der Waals surface area (Å²) in [6.07, 6.45) is 4.84. The molecule has 0 radical (unpaired) electrons. The predicted octanol–water partition coefficient (Wildman–Crippen LogP) is 1.66. The average Bonchev–Trinajstić information content (AvgIpc) is 3.06. The van der Waals surface area contributed by atoms with Crippen LogP contribution in [0.1, 0.15) is 30.4 Å². The van der Waals surface area contributed by atoms with Gasteiger partial charge in [0.05, 0.1) is 6.54 Å². The number of nitrogens with zero attached hydrogens (tertiary/aromatic N) is 1. The Morgan fingerprint density at radius 2 is 2.05 bits per heavy atom. The number of hydrogen-bond donors (Lipinski definition) is 2. The van der Waals surface area contributed by atoms with E-state index >= 15 is 0 Å². The standard InChI is InChI=1S/C16H20N2O3/c19-15(10-18-8-2-5-14(18)16(20)21)17-13-7-6-11-3-1-4-12(11)9-13/h6-7,9,14H,1-5,8,10H2,(H,17,19)(H,20,21)/t14-/m1/s1. The van der Waals surface area contributed by atoms with E-state index in [-0.39, 0.29) is 12.5 Å². The van der Waals surface area contributed by atoms with Gasteiger partial charge in [-0.15, -0.1) is 0 Å². The average molecular weight is 288 g/mol. The largest absolute Gasteiger partial charge is 0.480 e. The van der Waals surface area contributed by atoms with Gasteiger partial charge in [-0.05, 0) is 61.9 Å². The zero-order valence-corrected chi connectivity index (χ0v) is 12.0. The molecule has 0 spiro atoms. The number of anilines is 1. The minimum Gasteiger partial charge on any atom is -0.480 e. The molecule has 21 heavy (non-hydrogen) atoms.